The molecule has 30 heavy (non-hydrogen) atoms. The monoisotopic (exact) mass is 420 g/mol. The lowest BCUT2D eigenvalue weighted by Crippen LogP contribution is -2.33. The quantitative estimate of drug-likeness (QED) is 0.398. The fourth-order valence-electron chi connectivity index (χ4n) is 3.17. The zero-order valence-electron chi connectivity index (χ0n) is 17.1. The number of hydrogen-bond donors (Lipinski definition) is 0. The molecular weight excluding hydrogens is 396 g/mol. The lowest BCUT2D eigenvalue weighted by atomic mass is 10.2. The summed E-state index contributed by atoms with van der Waals surface area (Å²) in [5, 5.41) is 10.1. The molecule has 1 aromatic heterocycles. The van der Waals surface area contributed by atoms with Crippen LogP contribution >= 0.6 is 11.8 Å². The summed E-state index contributed by atoms with van der Waals surface area (Å²) < 4.78 is 1.68. The summed E-state index contributed by atoms with van der Waals surface area (Å²) in [7, 11) is 0. The average molecular weight is 421 g/mol. The molecule has 1 amide bonds. The van der Waals surface area contributed by atoms with Crippen molar-refractivity contribution >= 4 is 34.3 Å². The van der Waals surface area contributed by atoms with Crippen LogP contribution in [-0.2, 0) is 4.79 Å². The Morgan fingerprint density at radius 2 is 1.90 bits per heavy atom. The number of anilines is 1. The van der Waals surface area contributed by atoms with Gasteiger partial charge in [-0.25, -0.2) is 4.98 Å². The van der Waals surface area contributed by atoms with Crippen LogP contribution in [0, 0.1) is 11.3 Å². The van der Waals surface area contributed by atoms with Crippen molar-refractivity contribution in [2.45, 2.75) is 37.9 Å². The van der Waals surface area contributed by atoms with Gasteiger partial charge < -0.3 is 4.90 Å². The number of hydrogen-bond acceptors (Lipinski definition) is 5. The fourth-order valence-corrected chi connectivity index (χ4v) is 4.14. The predicted molar refractivity (Wildman–Crippen MR) is 121 cm³/mol. The Kier molecular flexibility index (Phi) is 7.26. The highest BCUT2D eigenvalue weighted by molar-refractivity contribution is 7.99. The van der Waals surface area contributed by atoms with E-state index < -0.39 is 0 Å². The second-order valence-corrected chi connectivity index (χ2v) is 7.86. The zero-order valence-corrected chi connectivity index (χ0v) is 17.9. The summed E-state index contributed by atoms with van der Waals surface area (Å²) >= 11 is 1.26. The van der Waals surface area contributed by atoms with Gasteiger partial charge in [0.25, 0.3) is 5.56 Å². The highest BCUT2D eigenvalue weighted by Crippen LogP contribution is 2.24. The Morgan fingerprint density at radius 3 is 2.60 bits per heavy atom. The van der Waals surface area contributed by atoms with Gasteiger partial charge in [-0.1, -0.05) is 49.0 Å². The van der Waals surface area contributed by atoms with E-state index in [4.69, 9.17) is 5.26 Å². The van der Waals surface area contributed by atoms with Gasteiger partial charge in [0.1, 0.15) is 0 Å². The standard InChI is InChI=1S/C23H24N4O2S/c1-3-17(2)27-22(29)19-12-7-8-13-20(19)25-23(27)30-16-21(28)26(15-9-14-24)18-10-5-4-6-11-18/h4-8,10-13,17H,3,9,15-16H2,1-2H3/t17-/m1/s1. The fraction of sp³-hybridized carbons (Fsp3) is 0.304. The third-order valence-electron chi connectivity index (χ3n) is 4.95. The summed E-state index contributed by atoms with van der Waals surface area (Å²) in [6, 6.07) is 18.6. The maximum absolute atomic E-state index is 13.1. The Bertz CT molecular complexity index is 1120. The summed E-state index contributed by atoms with van der Waals surface area (Å²) in [5.41, 5.74) is 1.29. The van der Waals surface area contributed by atoms with E-state index in [2.05, 4.69) is 11.1 Å². The van der Waals surface area contributed by atoms with E-state index in [0.717, 1.165) is 12.1 Å². The molecule has 7 heteroatoms. The van der Waals surface area contributed by atoms with Gasteiger partial charge in [-0.3, -0.25) is 14.2 Å². The minimum atomic E-state index is -0.125. The number of para-hydroxylation sites is 2. The molecule has 0 bridgehead atoms. The Morgan fingerprint density at radius 1 is 1.20 bits per heavy atom. The molecule has 0 aliphatic heterocycles. The van der Waals surface area contributed by atoms with Crippen LogP contribution in [0.3, 0.4) is 0 Å². The molecule has 0 radical (unpaired) electrons. The molecule has 154 valence electrons. The van der Waals surface area contributed by atoms with Gasteiger partial charge in [-0.05, 0) is 37.6 Å². The summed E-state index contributed by atoms with van der Waals surface area (Å²) in [4.78, 5) is 32.4. The highest BCUT2D eigenvalue weighted by Gasteiger charge is 2.20. The van der Waals surface area contributed by atoms with Gasteiger partial charge in [0.05, 0.1) is 29.1 Å². The van der Waals surface area contributed by atoms with Crippen molar-refractivity contribution in [3.05, 3.63) is 65.0 Å². The van der Waals surface area contributed by atoms with E-state index in [1.807, 2.05) is 62.4 Å². The number of nitrogens with zero attached hydrogens (tertiary/aromatic N) is 4. The molecule has 0 unspecified atom stereocenters. The first kappa shape index (κ1) is 21.6. The Hall–Kier alpha value is -3.11. The molecule has 1 heterocycles. The van der Waals surface area contributed by atoms with Gasteiger partial charge in [-0.2, -0.15) is 5.26 Å². The number of carbonyl (C=O) groups excluding carboxylic acids is 1. The normalized spacial score (nSPS) is 11.8. The molecule has 0 spiro atoms. The van der Waals surface area contributed by atoms with Gasteiger partial charge in [-0.15, -0.1) is 0 Å². The average Bonchev–Trinajstić information content (AvgIpc) is 2.78. The number of nitriles is 1. The molecule has 6 nitrogen and oxygen atoms in total. The maximum Gasteiger partial charge on any atom is 0.262 e. The van der Waals surface area contributed by atoms with E-state index in [9.17, 15) is 9.59 Å². The molecule has 0 saturated carbocycles. The van der Waals surface area contributed by atoms with E-state index in [0.29, 0.717) is 22.6 Å². The molecular formula is C23H24N4O2S. The minimum Gasteiger partial charge on any atom is -0.311 e. The highest BCUT2D eigenvalue weighted by atomic mass is 32.2. The number of benzene rings is 2. The third-order valence-corrected chi connectivity index (χ3v) is 5.89. The SMILES string of the molecule is CC[C@@H](C)n1c(SCC(=O)N(CCC#N)c2ccccc2)nc2ccccc2c1=O. The lowest BCUT2D eigenvalue weighted by molar-refractivity contribution is -0.116. The van der Waals surface area contributed by atoms with Gasteiger partial charge in [0.2, 0.25) is 5.91 Å². The van der Waals surface area contributed by atoms with Crippen molar-refractivity contribution in [3.63, 3.8) is 0 Å². The molecule has 3 aromatic rings. The van der Waals surface area contributed by atoms with Crippen LogP contribution in [0.25, 0.3) is 10.9 Å². The molecule has 1 atom stereocenters. The number of amides is 1. The van der Waals surface area contributed by atoms with Crippen LogP contribution in [0.2, 0.25) is 0 Å². The van der Waals surface area contributed by atoms with E-state index in [1.54, 1.807) is 15.5 Å². The number of carbonyl (C=O) groups is 1. The van der Waals surface area contributed by atoms with Crippen LogP contribution < -0.4 is 10.5 Å². The second kappa shape index (κ2) is 10.1. The second-order valence-electron chi connectivity index (χ2n) is 6.92. The first-order valence-electron chi connectivity index (χ1n) is 9.93. The van der Waals surface area contributed by atoms with E-state index in [-0.39, 0.29) is 29.7 Å². The zero-order chi connectivity index (χ0) is 21.5. The lowest BCUT2D eigenvalue weighted by Gasteiger charge is -2.22. The van der Waals surface area contributed by atoms with Crippen molar-refractivity contribution in [1.82, 2.24) is 9.55 Å². The van der Waals surface area contributed by atoms with E-state index >= 15 is 0 Å². The van der Waals surface area contributed by atoms with Crippen molar-refractivity contribution < 1.29 is 4.79 Å². The number of thioether (sulfide) groups is 1. The maximum atomic E-state index is 13.1. The van der Waals surface area contributed by atoms with Crippen LogP contribution in [-0.4, -0.2) is 27.8 Å². The van der Waals surface area contributed by atoms with Crippen molar-refractivity contribution in [1.29, 1.82) is 5.26 Å². The molecule has 0 aliphatic carbocycles. The summed E-state index contributed by atoms with van der Waals surface area (Å²) in [6.07, 6.45) is 1.02. The number of rotatable bonds is 8. The van der Waals surface area contributed by atoms with Crippen LogP contribution in [0.1, 0.15) is 32.7 Å². The summed E-state index contributed by atoms with van der Waals surface area (Å²) in [5.74, 6) is 0.00112. The van der Waals surface area contributed by atoms with Crippen molar-refractivity contribution in [3.8, 4) is 6.07 Å². The first-order chi connectivity index (χ1) is 14.6. The first-order valence-corrected chi connectivity index (χ1v) is 10.9. The predicted octanol–water partition coefficient (Wildman–Crippen LogP) is 4.41. The molecule has 0 aliphatic rings. The third kappa shape index (κ3) is 4.71. The van der Waals surface area contributed by atoms with Crippen LogP contribution in [0.15, 0.2) is 64.5 Å². The molecule has 0 N–H and O–H groups in total. The molecule has 0 saturated heterocycles. The summed E-state index contributed by atoms with van der Waals surface area (Å²) in [6.45, 7) is 4.32. The Balaban J connectivity index is 1.90. The van der Waals surface area contributed by atoms with Gasteiger partial charge in [0.15, 0.2) is 5.16 Å². The largest absolute Gasteiger partial charge is 0.311 e. The number of fused-ring (bicyclic) bond motifs is 1. The van der Waals surface area contributed by atoms with Crippen molar-refractivity contribution in [2.75, 3.05) is 17.2 Å². The van der Waals surface area contributed by atoms with Gasteiger partial charge in [0, 0.05) is 18.3 Å². The van der Waals surface area contributed by atoms with Crippen LogP contribution in [0.5, 0.6) is 0 Å². The Labute approximate surface area is 180 Å². The topological polar surface area (TPSA) is 79.0 Å². The minimum absolute atomic E-state index is 0.0315. The van der Waals surface area contributed by atoms with Gasteiger partial charge >= 0.3 is 0 Å². The molecule has 0 fully saturated rings. The molecule has 3 rings (SSSR count). The number of aromatic nitrogens is 2. The smallest absolute Gasteiger partial charge is 0.262 e. The van der Waals surface area contributed by atoms with Crippen molar-refractivity contribution in [2.24, 2.45) is 0 Å². The van der Waals surface area contributed by atoms with E-state index in [1.165, 1.54) is 11.8 Å². The van der Waals surface area contributed by atoms with Crippen LogP contribution in [0.4, 0.5) is 5.69 Å². The molecule has 2 aromatic carbocycles.